The molecule has 0 unspecified atom stereocenters. The number of aromatic nitrogens is 2. The van der Waals surface area contributed by atoms with Gasteiger partial charge in [-0.1, -0.05) is 6.07 Å². The maximum absolute atomic E-state index is 12.5. The molecule has 2 aromatic rings. The van der Waals surface area contributed by atoms with Crippen molar-refractivity contribution in [3.8, 4) is 0 Å². The predicted octanol–water partition coefficient (Wildman–Crippen LogP) is 1.79. The van der Waals surface area contributed by atoms with Crippen LogP contribution >= 0.6 is 0 Å². The highest BCUT2D eigenvalue weighted by atomic mass is 16.2. The third-order valence-electron chi connectivity index (χ3n) is 3.55. The zero-order valence-electron chi connectivity index (χ0n) is 11.8. The van der Waals surface area contributed by atoms with Gasteiger partial charge in [-0.05, 0) is 37.1 Å². The number of carbonyl (C=O) groups excluding carboxylic acids is 1. The van der Waals surface area contributed by atoms with Gasteiger partial charge in [0.05, 0.1) is 30.5 Å². The Bertz CT molecular complexity index is 608. The Labute approximate surface area is 123 Å². The molecule has 21 heavy (non-hydrogen) atoms. The number of pyridine rings is 2. The second kappa shape index (κ2) is 5.91. The third-order valence-corrected chi connectivity index (χ3v) is 3.55. The van der Waals surface area contributed by atoms with Crippen LogP contribution in [0.1, 0.15) is 24.2 Å². The summed E-state index contributed by atoms with van der Waals surface area (Å²) in [5, 5.41) is 0. The molecule has 1 aliphatic carbocycles. The van der Waals surface area contributed by atoms with Gasteiger partial charge in [0.15, 0.2) is 0 Å². The Balaban J connectivity index is 1.69. The van der Waals surface area contributed by atoms with E-state index >= 15 is 0 Å². The van der Waals surface area contributed by atoms with E-state index in [1.54, 1.807) is 24.5 Å². The molecule has 5 heteroatoms. The molecule has 2 heterocycles. The van der Waals surface area contributed by atoms with Crippen LogP contribution in [0.2, 0.25) is 0 Å². The van der Waals surface area contributed by atoms with Crippen molar-refractivity contribution in [2.45, 2.75) is 31.8 Å². The first kappa shape index (κ1) is 13.5. The van der Waals surface area contributed by atoms with Crippen LogP contribution in [-0.4, -0.2) is 26.8 Å². The SMILES string of the molecule is Nc1ccc(CC(=O)N(Cc2ccccn2)C2CC2)nc1. The lowest BCUT2D eigenvalue weighted by molar-refractivity contribution is -0.131. The highest BCUT2D eigenvalue weighted by molar-refractivity contribution is 5.79. The van der Waals surface area contributed by atoms with Crippen molar-refractivity contribution in [1.29, 1.82) is 0 Å². The van der Waals surface area contributed by atoms with Crippen LogP contribution in [0.15, 0.2) is 42.7 Å². The topological polar surface area (TPSA) is 72.1 Å². The number of nitrogens with zero attached hydrogens (tertiary/aromatic N) is 3. The lowest BCUT2D eigenvalue weighted by atomic mass is 10.2. The normalized spacial score (nSPS) is 13.9. The Hall–Kier alpha value is -2.43. The van der Waals surface area contributed by atoms with E-state index in [-0.39, 0.29) is 5.91 Å². The summed E-state index contributed by atoms with van der Waals surface area (Å²) in [4.78, 5) is 22.9. The highest BCUT2D eigenvalue weighted by Crippen LogP contribution is 2.28. The van der Waals surface area contributed by atoms with Crippen LogP contribution in [0.3, 0.4) is 0 Å². The van der Waals surface area contributed by atoms with Crippen LogP contribution in [0.5, 0.6) is 0 Å². The molecule has 1 amide bonds. The van der Waals surface area contributed by atoms with E-state index in [1.807, 2.05) is 23.1 Å². The number of anilines is 1. The summed E-state index contributed by atoms with van der Waals surface area (Å²) in [6.45, 7) is 0.569. The summed E-state index contributed by atoms with van der Waals surface area (Å²) in [7, 11) is 0. The Morgan fingerprint density at radius 2 is 2.05 bits per heavy atom. The van der Waals surface area contributed by atoms with Gasteiger partial charge in [-0.3, -0.25) is 14.8 Å². The van der Waals surface area contributed by atoms with Crippen molar-refractivity contribution >= 4 is 11.6 Å². The molecule has 0 aromatic carbocycles. The average Bonchev–Trinajstić information content (AvgIpc) is 3.33. The minimum atomic E-state index is 0.0976. The monoisotopic (exact) mass is 282 g/mol. The number of rotatable bonds is 5. The van der Waals surface area contributed by atoms with E-state index in [0.29, 0.717) is 24.7 Å². The van der Waals surface area contributed by atoms with Gasteiger partial charge in [-0.15, -0.1) is 0 Å². The van der Waals surface area contributed by atoms with Crippen molar-refractivity contribution < 1.29 is 4.79 Å². The molecular weight excluding hydrogens is 264 g/mol. The predicted molar refractivity (Wildman–Crippen MR) is 80.2 cm³/mol. The van der Waals surface area contributed by atoms with Crippen molar-refractivity contribution in [3.05, 3.63) is 54.1 Å². The van der Waals surface area contributed by atoms with Crippen LogP contribution < -0.4 is 5.73 Å². The van der Waals surface area contributed by atoms with Gasteiger partial charge < -0.3 is 10.6 Å². The molecule has 0 bridgehead atoms. The van der Waals surface area contributed by atoms with Gasteiger partial charge >= 0.3 is 0 Å². The molecule has 108 valence electrons. The van der Waals surface area contributed by atoms with Crippen molar-refractivity contribution in [2.24, 2.45) is 0 Å². The first-order chi connectivity index (χ1) is 10.2. The van der Waals surface area contributed by atoms with Crippen LogP contribution in [0.25, 0.3) is 0 Å². The lowest BCUT2D eigenvalue weighted by Crippen LogP contribution is -2.34. The number of hydrogen-bond donors (Lipinski definition) is 1. The van der Waals surface area contributed by atoms with Gasteiger partial charge in [0.25, 0.3) is 0 Å². The molecule has 1 fully saturated rings. The molecule has 5 nitrogen and oxygen atoms in total. The van der Waals surface area contributed by atoms with Gasteiger partial charge in [0.2, 0.25) is 5.91 Å². The van der Waals surface area contributed by atoms with E-state index in [0.717, 1.165) is 24.2 Å². The summed E-state index contributed by atoms with van der Waals surface area (Å²) < 4.78 is 0. The standard InChI is InChI=1S/C16H18N4O/c17-12-4-5-13(19-10-12)9-16(21)20(15-6-7-15)11-14-3-1-2-8-18-14/h1-5,8,10,15H,6-7,9,11,17H2. The fourth-order valence-electron chi connectivity index (χ4n) is 2.27. The molecule has 1 aliphatic rings. The van der Waals surface area contributed by atoms with Crippen molar-refractivity contribution in [1.82, 2.24) is 14.9 Å². The van der Waals surface area contributed by atoms with Crippen molar-refractivity contribution in [2.75, 3.05) is 5.73 Å². The Kier molecular flexibility index (Phi) is 3.81. The molecule has 2 N–H and O–H groups in total. The highest BCUT2D eigenvalue weighted by Gasteiger charge is 2.32. The second-order valence-corrected chi connectivity index (χ2v) is 5.33. The number of carbonyl (C=O) groups is 1. The van der Waals surface area contributed by atoms with Crippen LogP contribution in [-0.2, 0) is 17.8 Å². The summed E-state index contributed by atoms with van der Waals surface area (Å²) in [5.74, 6) is 0.0976. The van der Waals surface area contributed by atoms with E-state index in [4.69, 9.17) is 5.73 Å². The fourth-order valence-corrected chi connectivity index (χ4v) is 2.27. The summed E-state index contributed by atoms with van der Waals surface area (Å²) >= 11 is 0. The molecular formula is C16H18N4O. The molecule has 0 atom stereocenters. The van der Waals surface area contributed by atoms with Crippen LogP contribution in [0, 0.1) is 0 Å². The summed E-state index contributed by atoms with van der Waals surface area (Å²) in [6, 6.07) is 9.71. The zero-order valence-corrected chi connectivity index (χ0v) is 11.8. The lowest BCUT2D eigenvalue weighted by Gasteiger charge is -2.22. The second-order valence-electron chi connectivity index (χ2n) is 5.33. The Morgan fingerprint density at radius 1 is 1.19 bits per heavy atom. The molecule has 2 aromatic heterocycles. The van der Waals surface area contributed by atoms with E-state index in [9.17, 15) is 4.79 Å². The maximum Gasteiger partial charge on any atom is 0.229 e. The van der Waals surface area contributed by atoms with Gasteiger partial charge in [0, 0.05) is 17.9 Å². The van der Waals surface area contributed by atoms with Crippen molar-refractivity contribution in [3.63, 3.8) is 0 Å². The number of amides is 1. The molecule has 0 radical (unpaired) electrons. The van der Waals surface area contributed by atoms with E-state index in [1.165, 1.54) is 0 Å². The minimum absolute atomic E-state index is 0.0976. The van der Waals surface area contributed by atoms with Gasteiger partial charge in [0.1, 0.15) is 0 Å². The molecule has 0 aliphatic heterocycles. The minimum Gasteiger partial charge on any atom is -0.397 e. The summed E-state index contributed by atoms with van der Waals surface area (Å²) in [6.07, 6.45) is 5.81. The molecule has 1 saturated carbocycles. The smallest absolute Gasteiger partial charge is 0.229 e. The average molecular weight is 282 g/mol. The first-order valence-electron chi connectivity index (χ1n) is 7.12. The summed E-state index contributed by atoms with van der Waals surface area (Å²) in [5.41, 5.74) is 7.89. The third kappa shape index (κ3) is 3.56. The molecule has 0 saturated heterocycles. The van der Waals surface area contributed by atoms with Gasteiger partial charge in [-0.2, -0.15) is 0 Å². The number of hydrogen-bond acceptors (Lipinski definition) is 4. The number of nitrogens with two attached hydrogens (primary N) is 1. The quantitative estimate of drug-likeness (QED) is 0.907. The maximum atomic E-state index is 12.5. The fraction of sp³-hybridized carbons (Fsp3) is 0.312. The van der Waals surface area contributed by atoms with E-state index < -0.39 is 0 Å². The number of nitrogen functional groups attached to an aromatic ring is 1. The van der Waals surface area contributed by atoms with Crippen LogP contribution in [0.4, 0.5) is 5.69 Å². The largest absolute Gasteiger partial charge is 0.397 e. The van der Waals surface area contributed by atoms with E-state index in [2.05, 4.69) is 9.97 Å². The Morgan fingerprint density at radius 3 is 2.67 bits per heavy atom. The zero-order chi connectivity index (χ0) is 14.7. The molecule has 0 spiro atoms. The first-order valence-corrected chi connectivity index (χ1v) is 7.12. The van der Waals surface area contributed by atoms with Gasteiger partial charge in [-0.25, -0.2) is 0 Å². The molecule has 3 rings (SSSR count).